The molecule has 5 heteroatoms. The van der Waals surface area contributed by atoms with Crippen LogP contribution in [-0.2, 0) is 0 Å². The van der Waals surface area contributed by atoms with E-state index in [4.69, 9.17) is 0 Å². The Morgan fingerprint density at radius 1 is 1.43 bits per heavy atom. The first kappa shape index (κ1) is 13.5. The van der Waals surface area contributed by atoms with E-state index in [9.17, 15) is 4.79 Å². The maximum Gasteiger partial charge on any atom is 0.264 e. The third-order valence-electron chi connectivity index (χ3n) is 4.52. The summed E-state index contributed by atoms with van der Waals surface area (Å²) in [4.78, 5) is 20.0. The van der Waals surface area contributed by atoms with E-state index in [1.165, 1.54) is 16.9 Å². The summed E-state index contributed by atoms with van der Waals surface area (Å²) in [6.07, 6.45) is 7.75. The smallest absolute Gasteiger partial charge is 0.264 e. The summed E-state index contributed by atoms with van der Waals surface area (Å²) in [6, 6.07) is 1.99. The van der Waals surface area contributed by atoms with E-state index in [0.717, 1.165) is 51.7 Å². The summed E-state index contributed by atoms with van der Waals surface area (Å²) in [6.45, 7) is 4.92. The zero-order valence-electron chi connectivity index (χ0n) is 11.6. The van der Waals surface area contributed by atoms with Crippen molar-refractivity contribution >= 4 is 43.3 Å². The Morgan fingerprint density at radius 3 is 2.95 bits per heavy atom. The number of nitrogens with zero attached hydrogens (tertiary/aromatic N) is 2. The lowest BCUT2D eigenvalue weighted by Crippen LogP contribution is -2.45. The van der Waals surface area contributed by atoms with E-state index in [1.807, 2.05) is 12.3 Å². The number of halogens is 1. The van der Waals surface area contributed by atoms with Crippen molar-refractivity contribution in [3.63, 3.8) is 0 Å². The Morgan fingerprint density at radius 2 is 2.24 bits per heavy atom. The van der Waals surface area contributed by atoms with Crippen LogP contribution in [0.5, 0.6) is 0 Å². The van der Waals surface area contributed by atoms with Gasteiger partial charge in [0, 0.05) is 34.3 Å². The van der Waals surface area contributed by atoms with Gasteiger partial charge in [-0.2, -0.15) is 0 Å². The van der Waals surface area contributed by atoms with Crippen LogP contribution in [0.3, 0.4) is 0 Å². The summed E-state index contributed by atoms with van der Waals surface area (Å²) in [5.41, 5.74) is 1.37. The van der Waals surface area contributed by atoms with Gasteiger partial charge in [0.15, 0.2) is 0 Å². The summed E-state index contributed by atoms with van der Waals surface area (Å²) in [7, 11) is 0. The lowest BCUT2D eigenvalue weighted by molar-refractivity contribution is 0.0622. The third kappa shape index (κ3) is 2.14. The van der Waals surface area contributed by atoms with Crippen molar-refractivity contribution in [3.8, 4) is 0 Å². The Balaban J connectivity index is 1.70. The van der Waals surface area contributed by atoms with Crippen molar-refractivity contribution < 1.29 is 4.79 Å². The van der Waals surface area contributed by atoms with E-state index >= 15 is 0 Å². The SMILES string of the molecule is C=C1CCN(C(=O)c2cc3c(Br)cncc3s2)C2(CC2)C1. The Hall–Kier alpha value is -1.20. The molecule has 0 N–H and O–H groups in total. The molecule has 21 heavy (non-hydrogen) atoms. The maximum atomic E-state index is 12.9. The molecule has 2 fully saturated rings. The highest BCUT2D eigenvalue weighted by molar-refractivity contribution is 9.10. The molecular formula is C16H15BrN2OS. The number of pyridine rings is 1. The number of rotatable bonds is 1. The molecule has 2 aromatic heterocycles. The van der Waals surface area contributed by atoms with Crippen LogP contribution in [0.15, 0.2) is 35.1 Å². The quantitative estimate of drug-likeness (QED) is 0.705. The van der Waals surface area contributed by atoms with Gasteiger partial charge in [-0.25, -0.2) is 0 Å². The average Bonchev–Trinajstić information content (AvgIpc) is 3.05. The number of fused-ring (bicyclic) bond motifs is 1. The Kier molecular flexibility index (Phi) is 2.98. The molecule has 3 nitrogen and oxygen atoms in total. The fraction of sp³-hybridized carbons (Fsp3) is 0.375. The fourth-order valence-corrected chi connectivity index (χ4v) is 4.81. The topological polar surface area (TPSA) is 33.2 Å². The molecule has 3 heterocycles. The number of piperidine rings is 1. The van der Waals surface area contributed by atoms with E-state index < -0.39 is 0 Å². The van der Waals surface area contributed by atoms with Crippen LogP contribution in [0.4, 0.5) is 0 Å². The van der Waals surface area contributed by atoms with Crippen LogP contribution in [0, 0.1) is 0 Å². The molecule has 1 saturated carbocycles. The number of carbonyl (C=O) groups excluding carboxylic acids is 1. The molecule has 1 amide bonds. The lowest BCUT2D eigenvalue weighted by atomic mass is 9.95. The van der Waals surface area contributed by atoms with Crippen molar-refractivity contribution in [3.05, 3.63) is 40.0 Å². The number of carbonyl (C=O) groups is 1. The van der Waals surface area contributed by atoms with Gasteiger partial charge in [-0.05, 0) is 47.7 Å². The van der Waals surface area contributed by atoms with Gasteiger partial charge in [0.25, 0.3) is 5.91 Å². The number of hydrogen-bond acceptors (Lipinski definition) is 3. The van der Waals surface area contributed by atoms with Gasteiger partial charge in [0.2, 0.25) is 0 Å². The van der Waals surface area contributed by atoms with Crippen LogP contribution < -0.4 is 0 Å². The molecule has 0 bridgehead atoms. The molecule has 0 aromatic carbocycles. The van der Waals surface area contributed by atoms with Crippen molar-refractivity contribution in [2.24, 2.45) is 0 Å². The Labute approximate surface area is 135 Å². The summed E-state index contributed by atoms with van der Waals surface area (Å²) in [5.74, 6) is 0.174. The maximum absolute atomic E-state index is 12.9. The number of hydrogen-bond donors (Lipinski definition) is 0. The zero-order valence-corrected chi connectivity index (χ0v) is 14.0. The monoisotopic (exact) mass is 362 g/mol. The molecule has 1 aliphatic heterocycles. The predicted octanol–water partition coefficient (Wildman–Crippen LogP) is 4.38. The van der Waals surface area contributed by atoms with Crippen LogP contribution in [0.1, 0.15) is 35.4 Å². The standard InChI is InChI=1S/C16H15BrN2OS/c1-10-2-5-19(16(7-10)3-4-16)15(20)13-6-11-12(17)8-18-9-14(11)21-13/h6,8-9H,1-5,7H2. The van der Waals surface area contributed by atoms with Crippen molar-refractivity contribution in [2.45, 2.75) is 31.2 Å². The first-order valence-corrected chi connectivity index (χ1v) is 8.72. The second kappa shape index (κ2) is 4.65. The van der Waals surface area contributed by atoms with Gasteiger partial charge >= 0.3 is 0 Å². The van der Waals surface area contributed by atoms with Gasteiger partial charge in [-0.1, -0.05) is 12.2 Å². The molecule has 1 saturated heterocycles. The molecule has 0 unspecified atom stereocenters. The van der Waals surface area contributed by atoms with E-state index in [0.29, 0.717) is 0 Å². The van der Waals surface area contributed by atoms with E-state index in [-0.39, 0.29) is 11.4 Å². The second-order valence-corrected chi connectivity index (χ2v) is 7.94. The van der Waals surface area contributed by atoms with E-state index in [1.54, 1.807) is 6.20 Å². The van der Waals surface area contributed by atoms with Gasteiger partial charge in [0.1, 0.15) is 0 Å². The molecule has 1 spiro atoms. The van der Waals surface area contributed by atoms with Gasteiger partial charge < -0.3 is 4.90 Å². The van der Waals surface area contributed by atoms with E-state index in [2.05, 4.69) is 32.4 Å². The number of amides is 1. The largest absolute Gasteiger partial charge is 0.332 e. The minimum absolute atomic E-state index is 0.0814. The highest BCUT2D eigenvalue weighted by atomic mass is 79.9. The van der Waals surface area contributed by atoms with Crippen molar-refractivity contribution in [1.82, 2.24) is 9.88 Å². The average molecular weight is 363 g/mol. The highest BCUT2D eigenvalue weighted by Crippen LogP contribution is 2.50. The summed E-state index contributed by atoms with van der Waals surface area (Å²) < 4.78 is 2.00. The first-order chi connectivity index (χ1) is 10.1. The number of aromatic nitrogens is 1. The van der Waals surface area contributed by atoms with Gasteiger partial charge in [-0.15, -0.1) is 11.3 Å². The molecule has 2 aliphatic rings. The lowest BCUT2D eigenvalue weighted by Gasteiger charge is -2.37. The highest BCUT2D eigenvalue weighted by Gasteiger charge is 2.52. The molecule has 0 radical (unpaired) electrons. The van der Waals surface area contributed by atoms with Crippen LogP contribution in [-0.4, -0.2) is 27.9 Å². The molecular weight excluding hydrogens is 348 g/mol. The van der Waals surface area contributed by atoms with Crippen molar-refractivity contribution in [2.75, 3.05) is 6.54 Å². The van der Waals surface area contributed by atoms with Crippen molar-refractivity contribution in [1.29, 1.82) is 0 Å². The van der Waals surface area contributed by atoms with Gasteiger partial charge in [-0.3, -0.25) is 9.78 Å². The molecule has 0 atom stereocenters. The van der Waals surface area contributed by atoms with Crippen LogP contribution in [0.2, 0.25) is 0 Å². The Bertz CT molecular complexity index is 763. The molecule has 2 aromatic rings. The summed E-state index contributed by atoms with van der Waals surface area (Å²) in [5, 5.41) is 1.07. The summed E-state index contributed by atoms with van der Waals surface area (Å²) >= 11 is 5.04. The number of thiophene rings is 1. The normalized spacial score (nSPS) is 20.2. The first-order valence-electron chi connectivity index (χ1n) is 7.11. The fourth-order valence-electron chi connectivity index (χ4n) is 3.23. The molecule has 1 aliphatic carbocycles. The minimum atomic E-state index is 0.0814. The predicted molar refractivity (Wildman–Crippen MR) is 88.7 cm³/mol. The van der Waals surface area contributed by atoms with Gasteiger partial charge in [0.05, 0.1) is 9.58 Å². The van der Waals surface area contributed by atoms with Crippen LogP contribution in [0.25, 0.3) is 10.1 Å². The number of likely N-dealkylation sites (tertiary alicyclic amines) is 1. The second-order valence-electron chi connectivity index (χ2n) is 6.00. The zero-order chi connectivity index (χ0) is 14.6. The molecule has 108 valence electrons. The van der Waals surface area contributed by atoms with Crippen LogP contribution >= 0.6 is 27.3 Å². The minimum Gasteiger partial charge on any atom is -0.332 e. The molecule has 4 rings (SSSR count). The third-order valence-corrected chi connectivity index (χ3v) is 6.21.